The van der Waals surface area contributed by atoms with Gasteiger partial charge in [0.25, 0.3) is 0 Å². The average molecular weight is 332 g/mol. The number of hydrogen-bond acceptors (Lipinski definition) is 3. The van der Waals surface area contributed by atoms with Crippen LogP contribution in [0.3, 0.4) is 0 Å². The molecule has 1 N–H and O–H groups in total. The molecule has 0 bridgehead atoms. The summed E-state index contributed by atoms with van der Waals surface area (Å²) in [6.07, 6.45) is -2.23. The van der Waals surface area contributed by atoms with Gasteiger partial charge in [-0.05, 0) is 37.0 Å². The number of esters is 1. The quantitative estimate of drug-likeness (QED) is 0.521. The standard InChI is InChI=1S/C15H12F4O4/c16-11-8-9(2-3-10(11)15(17,18)19)14(6-1-7-14)23-13(22)5-4-12(20)21/h2-5,8H,1,6-7H2,(H,20,21)/b5-4+. The summed E-state index contributed by atoms with van der Waals surface area (Å²) in [6, 6.07) is 2.38. The van der Waals surface area contributed by atoms with E-state index < -0.39 is 35.1 Å². The number of carbonyl (C=O) groups is 2. The van der Waals surface area contributed by atoms with Gasteiger partial charge in [0.05, 0.1) is 5.56 Å². The summed E-state index contributed by atoms with van der Waals surface area (Å²) in [5.74, 6) is -3.74. The Labute approximate surface area is 128 Å². The second-order valence-electron chi connectivity index (χ2n) is 5.13. The van der Waals surface area contributed by atoms with Gasteiger partial charge in [-0.15, -0.1) is 0 Å². The molecule has 1 aliphatic carbocycles. The van der Waals surface area contributed by atoms with E-state index in [1.54, 1.807) is 0 Å². The fraction of sp³-hybridized carbons (Fsp3) is 0.333. The highest BCUT2D eigenvalue weighted by molar-refractivity contribution is 5.91. The summed E-state index contributed by atoms with van der Waals surface area (Å²) >= 11 is 0. The molecule has 1 aromatic carbocycles. The number of carboxylic acid groups (broad SMARTS) is 1. The van der Waals surface area contributed by atoms with E-state index in [1.807, 2.05) is 0 Å². The van der Waals surface area contributed by atoms with Gasteiger partial charge in [0.1, 0.15) is 11.4 Å². The van der Waals surface area contributed by atoms with Crippen molar-refractivity contribution in [3.05, 3.63) is 47.3 Å². The van der Waals surface area contributed by atoms with Crippen LogP contribution in [0.1, 0.15) is 30.4 Å². The molecule has 23 heavy (non-hydrogen) atoms. The number of carbonyl (C=O) groups excluding carboxylic acids is 1. The molecule has 0 saturated heterocycles. The minimum Gasteiger partial charge on any atom is -0.478 e. The molecule has 0 aromatic heterocycles. The third kappa shape index (κ3) is 3.69. The Hall–Kier alpha value is -2.38. The van der Waals surface area contributed by atoms with Crippen LogP contribution in [0.2, 0.25) is 0 Å². The van der Waals surface area contributed by atoms with E-state index >= 15 is 0 Å². The maximum atomic E-state index is 13.7. The molecule has 1 aliphatic rings. The minimum absolute atomic E-state index is 0.117. The molecule has 1 saturated carbocycles. The van der Waals surface area contributed by atoms with Crippen LogP contribution in [0.15, 0.2) is 30.4 Å². The molecule has 0 amide bonds. The molecule has 2 rings (SSSR count). The number of rotatable bonds is 4. The van der Waals surface area contributed by atoms with E-state index in [0.717, 1.165) is 6.07 Å². The average Bonchev–Trinajstić information content (AvgIpc) is 2.39. The Bertz CT molecular complexity index is 660. The number of aliphatic carboxylic acids is 1. The number of benzene rings is 1. The summed E-state index contributed by atoms with van der Waals surface area (Å²) in [5, 5.41) is 8.44. The molecular weight excluding hydrogens is 320 g/mol. The van der Waals surface area contributed by atoms with Crippen LogP contribution in [-0.4, -0.2) is 17.0 Å². The number of halogens is 4. The molecule has 0 radical (unpaired) electrons. The largest absolute Gasteiger partial charge is 0.478 e. The lowest BCUT2D eigenvalue weighted by Crippen LogP contribution is -2.39. The molecule has 0 heterocycles. The second kappa shape index (κ2) is 6.02. The van der Waals surface area contributed by atoms with Crippen LogP contribution < -0.4 is 0 Å². The predicted octanol–water partition coefficient (Wildman–Crippen LogP) is 3.41. The van der Waals surface area contributed by atoms with Gasteiger partial charge in [0.2, 0.25) is 0 Å². The zero-order valence-electron chi connectivity index (χ0n) is 11.7. The van der Waals surface area contributed by atoms with Crippen LogP contribution in [0.5, 0.6) is 0 Å². The molecule has 0 spiro atoms. The van der Waals surface area contributed by atoms with Gasteiger partial charge in [-0.2, -0.15) is 13.2 Å². The SMILES string of the molecule is O=C(O)/C=C/C(=O)OC1(c2ccc(C(F)(F)F)c(F)c2)CCC1. The van der Waals surface area contributed by atoms with Gasteiger partial charge in [-0.1, -0.05) is 6.07 Å². The van der Waals surface area contributed by atoms with E-state index in [1.165, 1.54) is 0 Å². The summed E-state index contributed by atoms with van der Waals surface area (Å²) in [7, 11) is 0. The molecule has 0 aliphatic heterocycles. The number of hydrogen-bond donors (Lipinski definition) is 1. The first-order valence-electron chi connectivity index (χ1n) is 6.65. The maximum absolute atomic E-state index is 13.7. The lowest BCUT2D eigenvalue weighted by atomic mass is 9.74. The van der Waals surface area contributed by atoms with Crippen molar-refractivity contribution in [2.75, 3.05) is 0 Å². The molecular formula is C15H12F4O4. The lowest BCUT2D eigenvalue weighted by Gasteiger charge is -2.41. The van der Waals surface area contributed by atoms with Crippen molar-refractivity contribution in [3.8, 4) is 0 Å². The Morgan fingerprint density at radius 2 is 1.87 bits per heavy atom. The topological polar surface area (TPSA) is 63.6 Å². The normalized spacial score (nSPS) is 16.9. The zero-order valence-corrected chi connectivity index (χ0v) is 11.7. The van der Waals surface area contributed by atoms with E-state index in [9.17, 15) is 27.2 Å². The van der Waals surface area contributed by atoms with Crippen LogP contribution in [0, 0.1) is 5.82 Å². The Morgan fingerprint density at radius 3 is 2.30 bits per heavy atom. The highest BCUT2D eigenvalue weighted by Crippen LogP contribution is 2.46. The van der Waals surface area contributed by atoms with Crippen LogP contribution in [0.25, 0.3) is 0 Å². The van der Waals surface area contributed by atoms with Gasteiger partial charge in [-0.25, -0.2) is 14.0 Å². The van der Waals surface area contributed by atoms with Crippen LogP contribution in [-0.2, 0) is 26.1 Å². The van der Waals surface area contributed by atoms with Crippen molar-refractivity contribution < 1.29 is 37.0 Å². The Balaban J connectivity index is 2.25. The van der Waals surface area contributed by atoms with Gasteiger partial charge in [-0.3, -0.25) is 0 Å². The van der Waals surface area contributed by atoms with Crippen molar-refractivity contribution >= 4 is 11.9 Å². The van der Waals surface area contributed by atoms with Crippen LogP contribution >= 0.6 is 0 Å². The van der Waals surface area contributed by atoms with Crippen LogP contribution in [0.4, 0.5) is 17.6 Å². The van der Waals surface area contributed by atoms with Gasteiger partial charge in [0, 0.05) is 12.2 Å². The van der Waals surface area contributed by atoms with Gasteiger partial charge >= 0.3 is 18.1 Å². The van der Waals surface area contributed by atoms with E-state index in [-0.39, 0.29) is 5.56 Å². The van der Waals surface area contributed by atoms with E-state index in [0.29, 0.717) is 43.5 Å². The smallest absolute Gasteiger partial charge is 0.419 e. The fourth-order valence-corrected chi connectivity index (χ4v) is 2.34. The number of carboxylic acids is 1. The van der Waals surface area contributed by atoms with Gasteiger partial charge in [0.15, 0.2) is 0 Å². The third-order valence-corrected chi connectivity index (χ3v) is 3.62. The van der Waals surface area contributed by atoms with E-state index in [4.69, 9.17) is 9.84 Å². The molecule has 0 atom stereocenters. The lowest BCUT2D eigenvalue weighted by molar-refractivity contribution is -0.165. The monoisotopic (exact) mass is 332 g/mol. The predicted molar refractivity (Wildman–Crippen MR) is 69.8 cm³/mol. The Kier molecular flexibility index (Phi) is 4.44. The zero-order chi connectivity index (χ0) is 17.3. The highest BCUT2D eigenvalue weighted by atomic mass is 19.4. The molecule has 4 nitrogen and oxygen atoms in total. The first-order chi connectivity index (χ1) is 10.6. The van der Waals surface area contributed by atoms with Crippen molar-refractivity contribution in [2.24, 2.45) is 0 Å². The van der Waals surface area contributed by atoms with Crippen molar-refractivity contribution in [1.82, 2.24) is 0 Å². The second-order valence-corrected chi connectivity index (χ2v) is 5.13. The first-order valence-corrected chi connectivity index (χ1v) is 6.65. The van der Waals surface area contributed by atoms with Crippen molar-refractivity contribution in [2.45, 2.75) is 31.0 Å². The summed E-state index contributed by atoms with van der Waals surface area (Å²) in [4.78, 5) is 21.9. The number of alkyl halides is 3. The fourth-order valence-electron chi connectivity index (χ4n) is 2.34. The minimum atomic E-state index is -4.81. The Morgan fingerprint density at radius 1 is 1.22 bits per heavy atom. The van der Waals surface area contributed by atoms with Crippen molar-refractivity contribution in [1.29, 1.82) is 0 Å². The molecule has 1 fully saturated rings. The summed E-state index contributed by atoms with van der Waals surface area (Å²) in [6.45, 7) is 0. The molecule has 8 heteroatoms. The summed E-state index contributed by atoms with van der Waals surface area (Å²) < 4.78 is 56.5. The molecule has 1 aromatic rings. The van der Waals surface area contributed by atoms with Gasteiger partial charge < -0.3 is 9.84 Å². The first kappa shape index (κ1) is 17.0. The maximum Gasteiger partial charge on any atom is 0.419 e. The van der Waals surface area contributed by atoms with E-state index in [2.05, 4.69) is 0 Å². The summed E-state index contributed by atoms with van der Waals surface area (Å²) in [5.41, 5.74) is -2.50. The highest BCUT2D eigenvalue weighted by Gasteiger charge is 2.43. The third-order valence-electron chi connectivity index (χ3n) is 3.62. The molecule has 124 valence electrons. The molecule has 0 unspecified atom stereocenters. The van der Waals surface area contributed by atoms with Crippen molar-refractivity contribution in [3.63, 3.8) is 0 Å². The number of ether oxygens (including phenoxy) is 1.